The Morgan fingerprint density at radius 2 is 1.68 bits per heavy atom. The molecule has 1 N–H and O–H groups in total. The average Bonchev–Trinajstić information content (AvgIpc) is 2.46. The molecular weight excluding hydrogens is 242 g/mol. The summed E-state index contributed by atoms with van der Waals surface area (Å²) >= 11 is 0. The summed E-state index contributed by atoms with van der Waals surface area (Å²) in [7, 11) is 0. The third kappa shape index (κ3) is 3.18. The third-order valence-electron chi connectivity index (χ3n) is 2.56. The second-order valence-electron chi connectivity index (χ2n) is 3.85. The molecule has 0 aliphatic rings. The molecule has 2 rings (SSSR count). The number of nitrogens with zero attached hydrogens (tertiary/aromatic N) is 1. The minimum atomic E-state index is -1.18. The van der Waals surface area contributed by atoms with Crippen molar-refractivity contribution in [1.29, 1.82) is 0 Å². The normalized spacial score (nSPS) is 11.2. The van der Waals surface area contributed by atoms with Crippen molar-refractivity contribution in [2.45, 2.75) is 6.10 Å². The monoisotopic (exact) mass is 253 g/mol. The molecule has 0 saturated heterocycles. The molecule has 0 amide bonds. The van der Waals surface area contributed by atoms with E-state index in [1.807, 2.05) is 18.2 Å². The molecule has 0 aliphatic heterocycles. The van der Waals surface area contributed by atoms with E-state index in [1.54, 1.807) is 24.3 Å². The zero-order valence-electron chi connectivity index (χ0n) is 9.98. The van der Waals surface area contributed by atoms with Crippen molar-refractivity contribution in [2.75, 3.05) is 0 Å². The van der Waals surface area contributed by atoms with Gasteiger partial charge in [0.25, 0.3) is 5.69 Å². The zero-order chi connectivity index (χ0) is 13.7. The van der Waals surface area contributed by atoms with Crippen LogP contribution in [0.15, 0.2) is 54.6 Å². The van der Waals surface area contributed by atoms with Gasteiger partial charge in [0.15, 0.2) is 0 Å². The number of para-hydroxylation sites is 1. The molecule has 4 heteroatoms. The van der Waals surface area contributed by atoms with Crippen LogP contribution in [0.4, 0.5) is 5.69 Å². The van der Waals surface area contributed by atoms with E-state index in [-0.39, 0.29) is 11.3 Å². The largest absolute Gasteiger partial charge is 0.376 e. The lowest BCUT2D eigenvalue weighted by Crippen LogP contribution is -2.00. The maximum absolute atomic E-state index is 10.8. The highest BCUT2D eigenvalue weighted by Crippen LogP contribution is 2.24. The van der Waals surface area contributed by atoms with Gasteiger partial charge in [-0.25, -0.2) is 0 Å². The Balaban J connectivity index is 2.29. The molecule has 0 heterocycles. The smallest absolute Gasteiger partial charge is 0.276 e. The highest BCUT2D eigenvalue weighted by molar-refractivity contribution is 5.45. The minimum Gasteiger partial charge on any atom is -0.376 e. The second-order valence-corrected chi connectivity index (χ2v) is 3.85. The van der Waals surface area contributed by atoms with Crippen molar-refractivity contribution in [2.24, 2.45) is 0 Å². The molecule has 1 atom stereocenters. The van der Waals surface area contributed by atoms with E-state index >= 15 is 0 Å². The molecule has 94 valence electrons. The van der Waals surface area contributed by atoms with Gasteiger partial charge < -0.3 is 5.11 Å². The van der Waals surface area contributed by atoms with Crippen LogP contribution >= 0.6 is 0 Å². The van der Waals surface area contributed by atoms with Gasteiger partial charge in [-0.1, -0.05) is 42.2 Å². The van der Waals surface area contributed by atoms with Gasteiger partial charge in [-0.05, 0) is 18.2 Å². The zero-order valence-corrected chi connectivity index (χ0v) is 9.98. The number of aliphatic hydroxyl groups is 1. The molecular formula is C15H11NO3. The van der Waals surface area contributed by atoms with Gasteiger partial charge >= 0.3 is 0 Å². The first-order chi connectivity index (χ1) is 9.18. The minimum absolute atomic E-state index is 0.127. The first-order valence-electron chi connectivity index (χ1n) is 5.66. The Morgan fingerprint density at radius 1 is 1.05 bits per heavy atom. The summed E-state index contributed by atoms with van der Waals surface area (Å²) < 4.78 is 0. The van der Waals surface area contributed by atoms with E-state index < -0.39 is 11.0 Å². The summed E-state index contributed by atoms with van der Waals surface area (Å²) in [4.78, 5) is 10.3. The van der Waals surface area contributed by atoms with Crippen molar-refractivity contribution in [1.82, 2.24) is 0 Å². The van der Waals surface area contributed by atoms with Crippen LogP contribution in [-0.2, 0) is 0 Å². The van der Waals surface area contributed by atoms with E-state index in [4.69, 9.17) is 0 Å². The van der Waals surface area contributed by atoms with E-state index in [2.05, 4.69) is 11.8 Å². The third-order valence-corrected chi connectivity index (χ3v) is 2.56. The van der Waals surface area contributed by atoms with Gasteiger partial charge in [0.2, 0.25) is 0 Å². The Bertz CT molecular complexity index is 641. The van der Waals surface area contributed by atoms with E-state index in [9.17, 15) is 15.2 Å². The van der Waals surface area contributed by atoms with Crippen molar-refractivity contribution in [3.63, 3.8) is 0 Å². The number of hydrogen-bond donors (Lipinski definition) is 1. The molecule has 0 spiro atoms. The van der Waals surface area contributed by atoms with Crippen LogP contribution in [0.5, 0.6) is 0 Å². The van der Waals surface area contributed by atoms with Gasteiger partial charge in [-0.2, -0.15) is 0 Å². The van der Waals surface area contributed by atoms with E-state index in [1.165, 1.54) is 12.1 Å². The molecule has 0 radical (unpaired) electrons. The molecule has 19 heavy (non-hydrogen) atoms. The molecule has 0 fully saturated rings. The highest BCUT2D eigenvalue weighted by atomic mass is 16.6. The molecule has 0 aliphatic carbocycles. The average molecular weight is 253 g/mol. The quantitative estimate of drug-likeness (QED) is 0.508. The Labute approximate surface area is 110 Å². The Morgan fingerprint density at radius 3 is 2.37 bits per heavy atom. The van der Waals surface area contributed by atoms with Crippen LogP contribution in [0, 0.1) is 22.0 Å². The number of nitro benzene ring substituents is 1. The van der Waals surface area contributed by atoms with E-state index in [0.29, 0.717) is 0 Å². The van der Waals surface area contributed by atoms with Gasteiger partial charge in [-0.3, -0.25) is 10.1 Å². The summed E-state index contributed by atoms with van der Waals surface area (Å²) in [5.74, 6) is 5.40. The molecule has 0 unspecified atom stereocenters. The molecule has 0 aromatic heterocycles. The molecule has 2 aromatic carbocycles. The van der Waals surface area contributed by atoms with E-state index in [0.717, 1.165) is 5.56 Å². The predicted molar refractivity (Wildman–Crippen MR) is 71.4 cm³/mol. The van der Waals surface area contributed by atoms with Crippen molar-refractivity contribution < 1.29 is 10.0 Å². The lowest BCUT2D eigenvalue weighted by Gasteiger charge is -2.04. The van der Waals surface area contributed by atoms with Gasteiger partial charge in [0, 0.05) is 11.6 Å². The van der Waals surface area contributed by atoms with Crippen LogP contribution in [0.3, 0.4) is 0 Å². The van der Waals surface area contributed by atoms with Crippen LogP contribution in [0.2, 0.25) is 0 Å². The first-order valence-corrected chi connectivity index (χ1v) is 5.66. The fourth-order valence-electron chi connectivity index (χ4n) is 1.64. The Hall–Kier alpha value is -2.64. The number of nitro groups is 1. The topological polar surface area (TPSA) is 63.4 Å². The summed E-state index contributed by atoms with van der Waals surface area (Å²) in [6, 6.07) is 15.2. The molecule has 2 aromatic rings. The summed E-state index contributed by atoms with van der Waals surface area (Å²) in [6.07, 6.45) is -1.18. The maximum atomic E-state index is 10.8. The van der Waals surface area contributed by atoms with Crippen LogP contribution < -0.4 is 0 Å². The summed E-state index contributed by atoms with van der Waals surface area (Å²) in [5, 5.41) is 20.8. The lowest BCUT2D eigenvalue weighted by atomic mass is 10.1. The van der Waals surface area contributed by atoms with Crippen LogP contribution in [0.25, 0.3) is 0 Å². The maximum Gasteiger partial charge on any atom is 0.276 e. The van der Waals surface area contributed by atoms with Gasteiger partial charge in [-0.15, -0.1) is 0 Å². The number of aliphatic hydroxyl groups excluding tert-OH is 1. The van der Waals surface area contributed by atoms with Crippen molar-refractivity contribution in [3.8, 4) is 11.8 Å². The van der Waals surface area contributed by atoms with Crippen LogP contribution in [-0.4, -0.2) is 10.0 Å². The number of hydrogen-bond acceptors (Lipinski definition) is 3. The predicted octanol–water partition coefficient (Wildman–Crippen LogP) is 2.68. The van der Waals surface area contributed by atoms with Crippen LogP contribution in [0.1, 0.15) is 17.2 Å². The van der Waals surface area contributed by atoms with Gasteiger partial charge in [0.05, 0.1) is 10.5 Å². The standard InChI is InChI=1S/C15H11NO3/c17-15(11-10-12-6-2-1-3-7-12)13-8-4-5-9-14(13)16(18)19/h1-9,15,17H/t15-/m0/s1. The fraction of sp³-hybridized carbons (Fsp3) is 0.0667. The SMILES string of the molecule is O=[N+]([O-])c1ccccc1[C@@H](O)C#Cc1ccccc1. The molecule has 0 saturated carbocycles. The number of benzene rings is 2. The summed E-state index contributed by atoms with van der Waals surface area (Å²) in [6.45, 7) is 0. The lowest BCUT2D eigenvalue weighted by molar-refractivity contribution is -0.386. The first kappa shape index (κ1) is 12.8. The van der Waals surface area contributed by atoms with Crippen molar-refractivity contribution >= 4 is 5.69 Å². The fourth-order valence-corrected chi connectivity index (χ4v) is 1.64. The molecule has 4 nitrogen and oxygen atoms in total. The second kappa shape index (κ2) is 5.80. The Kier molecular flexibility index (Phi) is 3.91. The highest BCUT2D eigenvalue weighted by Gasteiger charge is 2.17. The summed E-state index contributed by atoms with van der Waals surface area (Å²) in [5.41, 5.74) is 0.827. The number of rotatable bonds is 2. The van der Waals surface area contributed by atoms with Gasteiger partial charge in [0.1, 0.15) is 6.10 Å². The molecule has 0 bridgehead atoms. The van der Waals surface area contributed by atoms with Crippen molar-refractivity contribution in [3.05, 3.63) is 75.8 Å².